The van der Waals surface area contributed by atoms with Crippen molar-refractivity contribution >= 4 is 17.7 Å². The van der Waals surface area contributed by atoms with E-state index in [0.717, 1.165) is 21.6 Å². The molecular weight excluding hydrogens is 536 g/mol. The molecule has 1 fully saturated rings. The van der Waals surface area contributed by atoms with Crippen molar-refractivity contribution in [1.29, 1.82) is 0 Å². The average molecular weight is 571 g/mol. The molecule has 4 aromatic carbocycles. The molecule has 0 spiro atoms. The van der Waals surface area contributed by atoms with E-state index in [1.807, 2.05) is 121 Å². The van der Waals surface area contributed by atoms with Crippen LogP contribution < -0.4 is 0 Å². The summed E-state index contributed by atoms with van der Waals surface area (Å²) in [5, 5.41) is 0. The smallest absolute Gasteiger partial charge is 0.337 e. The third kappa shape index (κ3) is 8.06. The van der Waals surface area contributed by atoms with Crippen molar-refractivity contribution < 1.29 is 28.5 Å². The monoisotopic (exact) mass is 570 g/mol. The molecule has 1 heterocycles. The summed E-state index contributed by atoms with van der Waals surface area (Å²) in [6, 6.07) is 39.6. The fourth-order valence-corrected chi connectivity index (χ4v) is 5.82. The van der Waals surface area contributed by atoms with Crippen LogP contribution in [0.4, 0.5) is 0 Å². The molecular formula is C34H34O6S. The SMILES string of the molecule is COC(=O)[C@H]1O[C@@H](Sc2ccccc2)[C@@H](OCc2ccccc2)[C@@H](OCc2ccccc2)[C@@H]1OCc1ccccc1. The van der Waals surface area contributed by atoms with E-state index in [-0.39, 0.29) is 6.61 Å². The molecule has 1 aliphatic rings. The molecule has 41 heavy (non-hydrogen) atoms. The minimum absolute atomic E-state index is 0.273. The lowest BCUT2D eigenvalue weighted by molar-refractivity contribution is -0.248. The molecule has 0 bridgehead atoms. The molecule has 7 heteroatoms. The van der Waals surface area contributed by atoms with Gasteiger partial charge in [-0.1, -0.05) is 121 Å². The molecule has 5 atom stereocenters. The van der Waals surface area contributed by atoms with Gasteiger partial charge in [-0.05, 0) is 28.8 Å². The van der Waals surface area contributed by atoms with Crippen LogP contribution in [0.15, 0.2) is 126 Å². The summed E-state index contributed by atoms with van der Waals surface area (Å²) in [5.41, 5.74) is 2.43. The van der Waals surface area contributed by atoms with E-state index in [1.165, 1.54) is 18.9 Å². The summed E-state index contributed by atoms with van der Waals surface area (Å²) >= 11 is 1.49. The highest BCUT2D eigenvalue weighted by molar-refractivity contribution is 7.99. The Labute approximate surface area is 245 Å². The first-order valence-corrected chi connectivity index (χ1v) is 14.5. The predicted molar refractivity (Wildman–Crippen MR) is 158 cm³/mol. The van der Waals surface area contributed by atoms with Crippen LogP contribution in [0.3, 0.4) is 0 Å². The van der Waals surface area contributed by atoms with Crippen molar-refractivity contribution in [1.82, 2.24) is 0 Å². The minimum Gasteiger partial charge on any atom is -0.467 e. The van der Waals surface area contributed by atoms with Crippen LogP contribution in [0.25, 0.3) is 0 Å². The van der Waals surface area contributed by atoms with Gasteiger partial charge in [0, 0.05) is 4.90 Å². The third-order valence-electron chi connectivity index (χ3n) is 6.78. The molecule has 0 aliphatic carbocycles. The van der Waals surface area contributed by atoms with Gasteiger partial charge >= 0.3 is 5.97 Å². The van der Waals surface area contributed by atoms with Crippen molar-refractivity contribution in [3.05, 3.63) is 138 Å². The molecule has 0 N–H and O–H groups in total. The van der Waals surface area contributed by atoms with Gasteiger partial charge in [-0.2, -0.15) is 0 Å². The summed E-state index contributed by atoms with van der Waals surface area (Å²) in [4.78, 5) is 14.1. The summed E-state index contributed by atoms with van der Waals surface area (Å²) < 4.78 is 31.3. The standard InChI is InChI=1S/C34H34O6S/c1-36-33(35)31-29(37-22-25-14-6-2-7-15-25)30(38-23-26-16-8-3-9-17-26)32(39-24-27-18-10-4-11-19-27)34(40-31)41-28-20-12-5-13-21-28/h2-21,29-32,34H,22-24H2,1H3/t29-,30-,31-,32-,34-/m0/s1. The number of ether oxygens (including phenoxy) is 5. The summed E-state index contributed by atoms with van der Waals surface area (Å²) in [7, 11) is 1.36. The highest BCUT2D eigenvalue weighted by atomic mass is 32.2. The number of esters is 1. The third-order valence-corrected chi connectivity index (χ3v) is 7.94. The van der Waals surface area contributed by atoms with Gasteiger partial charge in [-0.15, -0.1) is 0 Å². The number of rotatable bonds is 12. The first-order valence-electron chi connectivity index (χ1n) is 13.6. The molecule has 212 valence electrons. The van der Waals surface area contributed by atoms with Crippen LogP contribution in [0.2, 0.25) is 0 Å². The van der Waals surface area contributed by atoms with Crippen LogP contribution in [-0.2, 0) is 48.3 Å². The van der Waals surface area contributed by atoms with Gasteiger partial charge in [0.2, 0.25) is 0 Å². The van der Waals surface area contributed by atoms with Crippen molar-refractivity contribution in [2.24, 2.45) is 0 Å². The Morgan fingerprint density at radius 3 is 1.49 bits per heavy atom. The van der Waals surface area contributed by atoms with Gasteiger partial charge in [0.1, 0.15) is 23.7 Å². The number of carbonyl (C=O) groups is 1. The predicted octanol–water partition coefficient (Wildman–Crippen LogP) is 6.43. The van der Waals surface area contributed by atoms with E-state index < -0.39 is 35.8 Å². The highest BCUT2D eigenvalue weighted by Crippen LogP contribution is 2.38. The fourth-order valence-electron chi connectivity index (χ4n) is 4.69. The normalized spacial score (nSPS) is 22.2. The highest BCUT2D eigenvalue weighted by Gasteiger charge is 2.51. The van der Waals surface area contributed by atoms with Crippen LogP contribution >= 0.6 is 11.8 Å². The lowest BCUT2D eigenvalue weighted by Gasteiger charge is -2.45. The quantitative estimate of drug-likeness (QED) is 0.182. The summed E-state index contributed by atoms with van der Waals surface area (Å²) in [5.74, 6) is -0.517. The van der Waals surface area contributed by atoms with Gasteiger partial charge in [-0.3, -0.25) is 0 Å². The van der Waals surface area contributed by atoms with Crippen LogP contribution in [-0.4, -0.2) is 42.9 Å². The van der Waals surface area contributed by atoms with Crippen LogP contribution in [0.5, 0.6) is 0 Å². The molecule has 0 radical (unpaired) electrons. The van der Waals surface area contributed by atoms with Crippen LogP contribution in [0.1, 0.15) is 16.7 Å². The van der Waals surface area contributed by atoms with Gasteiger partial charge in [0.15, 0.2) is 6.10 Å². The van der Waals surface area contributed by atoms with Crippen molar-refractivity contribution in [2.75, 3.05) is 7.11 Å². The number of thioether (sulfide) groups is 1. The molecule has 0 saturated carbocycles. The Kier molecular flexibility index (Phi) is 10.6. The number of methoxy groups -OCH3 is 1. The van der Waals surface area contributed by atoms with Crippen molar-refractivity contribution in [3.63, 3.8) is 0 Å². The van der Waals surface area contributed by atoms with Gasteiger partial charge in [0.05, 0.1) is 26.9 Å². The molecule has 0 amide bonds. The largest absolute Gasteiger partial charge is 0.467 e. The van der Waals surface area contributed by atoms with Crippen LogP contribution in [0, 0.1) is 0 Å². The van der Waals surface area contributed by atoms with E-state index in [9.17, 15) is 4.79 Å². The number of benzene rings is 4. The Hall–Kier alpha value is -3.46. The first kappa shape index (κ1) is 29.0. The molecule has 6 nitrogen and oxygen atoms in total. The number of carbonyl (C=O) groups excluding carboxylic acids is 1. The van der Waals surface area contributed by atoms with E-state index in [0.29, 0.717) is 13.2 Å². The zero-order valence-electron chi connectivity index (χ0n) is 22.9. The van der Waals surface area contributed by atoms with Crippen molar-refractivity contribution in [3.8, 4) is 0 Å². The lowest BCUT2D eigenvalue weighted by Crippen LogP contribution is -2.61. The molecule has 0 unspecified atom stereocenters. The lowest BCUT2D eigenvalue weighted by atomic mass is 9.98. The Morgan fingerprint density at radius 1 is 0.610 bits per heavy atom. The zero-order chi connectivity index (χ0) is 28.3. The van der Waals surface area contributed by atoms with E-state index in [2.05, 4.69) is 0 Å². The van der Waals surface area contributed by atoms with Gasteiger partial charge in [0.25, 0.3) is 0 Å². The minimum atomic E-state index is -1.01. The number of hydrogen-bond donors (Lipinski definition) is 0. The molecule has 0 aromatic heterocycles. The Morgan fingerprint density at radius 2 is 1.02 bits per heavy atom. The second kappa shape index (κ2) is 15.0. The molecule has 5 rings (SSSR count). The first-order chi connectivity index (χ1) is 20.2. The maximum Gasteiger partial charge on any atom is 0.337 e. The summed E-state index contributed by atoms with van der Waals surface area (Å²) in [6.07, 6.45) is -2.99. The second-order valence-electron chi connectivity index (χ2n) is 9.66. The van der Waals surface area contributed by atoms with Crippen molar-refractivity contribution in [2.45, 2.75) is 54.6 Å². The maximum atomic E-state index is 13.2. The topological polar surface area (TPSA) is 63.2 Å². The Bertz CT molecular complexity index is 1320. The molecule has 4 aromatic rings. The maximum absolute atomic E-state index is 13.2. The van der Waals surface area contributed by atoms with E-state index in [1.54, 1.807) is 0 Å². The van der Waals surface area contributed by atoms with E-state index >= 15 is 0 Å². The second-order valence-corrected chi connectivity index (χ2v) is 10.8. The summed E-state index contributed by atoms with van der Waals surface area (Å²) in [6.45, 7) is 0.939. The Balaban J connectivity index is 1.48. The van der Waals surface area contributed by atoms with E-state index in [4.69, 9.17) is 23.7 Å². The zero-order valence-corrected chi connectivity index (χ0v) is 23.7. The van der Waals surface area contributed by atoms with Gasteiger partial charge in [-0.25, -0.2) is 4.79 Å². The fraction of sp³-hybridized carbons (Fsp3) is 0.265. The average Bonchev–Trinajstić information content (AvgIpc) is 3.04. The molecule has 1 aliphatic heterocycles. The molecule has 1 saturated heterocycles. The van der Waals surface area contributed by atoms with Gasteiger partial charge < -0.3 is 23.7 Å². The number of hydrogen-bond acceptors (Lipinski definition) is 7.